The standard InChI is InChI=1S/C13H22N4O2S/c1-16(2)20(18,19)15-13-6-4-8-17(11-13)10-12-5-3-7-14-9-12/h3,5,7,9,13,15H,4,6,8,10-11H2,1-2H3/t13-/m1/s1. The second-order valence-corrected chi connectivity index (χ2v) is 7.26. The lowest BCUT2D eigenvalue weighted by Crippen LogP contribution is -2.50. The van der Waals surface area contributed by atoms with Gasteiger partial charge in [-0.1, -0.05) is 6.07 Å². The van der Waals surface area contributed by atoms with Crippen molar-refractivity contribution >= 4 is 10.2 Å². The van der Waals surface area contributed by atoms with E-state index < -0.39 is 10.2 Å². The summed E-state index contributed by atoms with van der Waals surface area (Å²) in [4.78, 5) is 6.37. The van der Waals surface area contributed by atoms with Gasteiger partial charge >= 0.3 is 0 Å². The van der Waals surface area contributed by atoms with Crippen LogP contribution in [0.3, 0.4) is 0 Å². The molecular formula is C13H22N4O2S. The van der Waals surface area contributed by atoms with Gasteiger partial charge in [-0.05, 0) is 31.0 Å². The van der Waals surface area contributed by atoms with E-state index in [1.165, 1.54) is 4.31 Å². The fourth-order valence-electron chi connectivity index (χ4n) is 2.36. The van der Waals surface area contributed by atoms with Crippen LogP contribution in [0.1, 0.15) is 18.4 Å². The number of aromatic nitrogens is 1. The second kappa shape index (κ2) is 6.62. The maximum atomic E-state index is 11.8. The minimum Gasteiger partial charge on any atom is -0.297 e. The molecule has 0 aliphatic carbocycles. The number of pyridine rings is 1. The zero-order valence-electron chi connectivity index (χ0n) is 12.0. The molecule has 1 aliphatic rings. The van der Waals surface area contributed by atoms with Crippen molar-refractivity contribution in [3.05, 3.63) is 30.1 Å². The first-order valence-corrected chi connectivity index (χ1v) is 8.22. The highest BCUT2D eigenvalue weighted by atomic mass is 32.2. The molecule has 0 spiro atoms. The lowest BCUT2D eigenvalue weighted by molar-refractivity contribution is 0.193. The summed E-state index contributed by atoms with van der Waals surface area (Å²) in [5.41, 5.74) is 1.16. The summed E-state index contributed by atoms with van der Waals surface area (Å²) in [6, 6.07) is 3.94. The minimum atomic E-state index is -3.35. The molecule has 1 atom stereocenters. The van der Waals surface area contributed by atoms with Crippen molar-refractivity contribution in [3.63, 3.8) is 0 Å². The first-order valence-electron chi connectivity index (χ1n) is 6.78. The van der Waals surface area contributed by atoms with Crippen LogP contribution in [-0.2, 0) is 16.8 Å². The lowest BCUT2D eigenvalue weighted by Gasteiger charge is -2.33. The number of rotatable bonds is 5. The molecule has 112 valence electrons. The average molecular weight is 298 g/mol. The summed E-state index contributed by atoms with van der Waals surface area (Å²) in [7, 11) is -0.269. The van der Waals surface area contributed by atoms with Gasteiger partial charge in [-0.15, -0.1) is 0 Å². The van der Waals surface area contributed by atoms with E-state index >= 15 is 0 Å². The normalized spacial score (nSPS) is 21.2. The number of hydrogen-bond acceptors (Lipinski definition) is 4. The van der Waals surface area contributed by atoms with E-state index in [0.717, 1.165) is 38.0 Å². The van der Waals surface area contributed by atoms with Gasteiger partial charge in [0.05, 0.1) is 0 Å². The molecule has 7 heteroatoms. The molecule has 0 unspecified atom stereocenters. The van der Waals surface area contributed by atoms with Gasteiger partial charge in [-0.2, -0.15) is 17.4 Å². The molecule has 20 heavy (non-hydrogen) atoms. The van der Waals surface area contributed by atoms with Crippen LogP contribution in [0.5, 0.6) is 0 Å². The summed E-state index contributed by atoms with van der Waals surface area (Å²) in [6.07, 6.45) is 5.50. The summed E-state index contributed by atoms with van der Waals surface area (Å²) in [6.45, 7) is 2.55. The second-order valence-electron chi connectivity index (χ2n) is 5.34. The Hall–Kier alpha value is -1.02. The highest BCUT2D eigenvalue weighted by Crippen LogP contribution is 2.14. The molecule has 1 N–H and O–H groups in total. The molecule has 1 fully saturated rings. The van der Waals surface area contributed by atoms with Gasteiger partial charge in [0, 0.05) is 45.6 Å². The van der Waals surface area contributed by atoms with Crippen LogP contribution in [-0.4, -0.2) is 55.8 Å². The maximum Gasteiger partial charge on any atom is 0.279 e. The Bertz CT molecular complexity index is 518. The average Bonchev–Trinajstić information content (AvgIpc) is 2.39. The molecule has 1 aromatic heterocycles. The quantitative estimate of drug-likeness (QED) is 0.857. The van der Waals surface area contributed by atoms with E-state index in [1.807, 2.05) is 18.3 Å². The number of likely N-dealkylation sites (tertiary alicyclic amines) is 1. The monoisotopic (exact) mass is 298 g/mol. The first-order chi connectivity index (χ1) is 9.47. The number of hydrogen-bond donors (Lipinski definition) is 1. The van der Waals surface area contributed by atoms with Gasteiger partial charge in [0.1, 0.15) is 0 Å². The third kappa shape index (κ3) is 4.24. The Kier molecular flexibility index (Phi) is 5.09. The van der Waals surface area contributed by atoms with Crippen molar-refractivity contribution in [2.45, 2.75) is 25.4 Å². The van der Waals surface area contributed by atoms with E-state index in [2.05, 4.69) is 14.6 Å². The van der Waals surface area contributed by atoms with Gasteiger partial charge < -0.3 is 0 Å². The zero-order chi connectivity index (χ0) is 14.6. The summed E-state index contributed by atoms with van der Waals surface area (Å²) in [5, 5.41) is 0. The fourth-order valence-corrected chi connectivity index (χ4v) is 3.19. The number of piperidine rings is 1. The third-order valence-electron chi connectivity index (χ3n) is 3.43. The Balaban J connectivity index is 1.92. The Labute approximate surface area is 121 Å². The van der Waals surface area contributed by atoms with Crippen LogP contribution in [0, 0.1) is 0 Å². The highest BCUT2D eigenvalue weighted by molar-refractivity contribution is 7.87. The molecule has 0 saturated carbocycles. The van der Waals surface area contributed by atoms with E-state index in [1.54, 1.807) is 20.3 Å². The molecule has 0 aromatic carbocycles. The SMILES string of the molecule is CN(C)S(=O)(=O)N[C@@H]1CCCN(Cc2cccnc2)C1. The molecule has 0 radical (unpaired) electrons. The Morgan fingerprint density at radius 3 is 2.95 bits per heavy atom. The number of nitrogens with one attached hydrogen (secondary N) is 1. The topological polar surface area (TPSA) is 65.5 Å². The van der Waals surface area contributed by atoms with Crippen molar-refractivity contribution in [1.29, 1.82) is 0 Å². The zero-order valence-corrected chi connectivity index (χ0v) is 12.8. The molecule has 2 heterocycles. The summed E-state index contributed by atoms with van der Waals surface area (Å²) < 4.78 is 27.7. The largest absolute Gasteiger partial charge is 0.297 e. The van der Waals surface area contributed by atoms with Crippen molar-refractivity contribution in [1.82, 2.24) is 18.9 Å². The maximum absolute atomic E-state index is 11.8. The van der Waals surface area contributed by atoms with Gasteiger partial charge in [0.2, 0.25) is 0 Å². The van der Waals surface area contributed by atoms with Crippen LogP contribution >= 0.6 is 0 Å². The minimum absolute atomic E-state index is 0.0205. The van der Waals surface area contributed by atoms with Gasteiger partial charge in [0.25, 0.3) is 10.2 Å². The van der Waals surface area contributed by atoms with Gasteiger partial charge in [0.15, 0.2) is 0 Å². The molecule has 1 aromatic rings. The smallest absolute Gasteiger partial charge is 0.279 e. The molecule has 0 amide bonds. The fraction of sp³-hybridized carbons (Fsp3) is 0.615. The Morgan fingerprint density at radius 2 is 2.30 bits per heavy atom. The predicted molar refractivity (Wildman–Crippen MR) is 78.3 cm³/mol. The van der Waals surface area contributed by atoms with Crippen LogP contribution in [0.2, 0.25) is 0 Å². The Morgan fingerprint density at radius 1 is 1.50 bits per heavy atom. The van der Waals surface area contributed by atoms with Crippen molar-refractivity contribution in [2.24, 2.45) is 0 Å². The van der Waals surface area contributed by atoms with Crippen molar-refractivity contribution < 1.29 is 8.42 Å². The van der Waals surface area contributed by atoms with E-state index in [4.69, 9.17) is 0 Å². The van der Waals surface area contributed by atoms with Crippen molar-refractivity contribution in [2.75, 3.05) is 27.2 Å². The van der Waals surface area contributed by atoms with Crippen LogP contribution in [0.15, 0.2) is 24.5 Å². The van der Waals surface area contributed by atoms with E-state index in [-0.39, 0.29) is 6.04 Å². The third-order valence-corrected chi connectivity index (χ3v) is 5.02. The molecule has 6 nitrogen and oxygen atoms in total. The lowest BCUT2D eigenvalue weighted by atomic mass is 10.1. The van der Waals surface area contributed by atoms with Gasteiger partial charge in [-0.3, -0.25) is 9.88 Å². The molecule has 0 bridgehead atoms. The molecular weight excluding hydrogens is 276 g/mol. The predicted octanol–water partition coefficient (Wildman–Crippen LogP) is 0.442. The van der Waals surface area contributed by atoms with Crippen LogP contribution in [0.25, 0.3) is 0 Å². The van der Waals surface area contributed by atoms with Gasteiger partial charge in [-0.25, -0.2) is 0 Å². The molecule has 1 saturated heterocycles. The summed E-state index contributed by atoms with van der Waals surface area (Å²) >= 11 is 0. The van der Waals surface area contributed by atoms with Crippen LogP contribution < -0.4 is 4.72 Å². The first kappa shape index (κ1) is 15.4. The molecule has 1 aliphatic heterocycles. The van der Waals surface area contributed by atoms with E-state index in [9.17, 15) is 8.42 Å². The molecule has 2 rings (SSSR count). The highest BCUT2D eigenvalue weighted by Gasteiger charge is 2.25. The van der Waals surface area contributed by atoms with E-state index in [0.29, 0.717) is 0 Å². The van der Waals surface area contributed by atoms with Crippen molar-refractivity contribution in [3.8, 4) is 0 Å². The van der Waals surface area contributed by atoms with Crippen LogP contribution in [0.4, 0.5) is 0 Å². The summed E-state index contributed by atoms with van der Waals surface area (Å²) in [5.74, 6) is 0. The number of nitrogens with zero attached hydrogens (tertiary/aromatic N) is 3.